The minimum atomic E-state index is -0.149. The zero-order valence-electron chi connectivity index (χ0n) is 13.7. The largest absolute Gasteiger partial charge is 0.494 e. The highest BCUT2D eigenvalue weighted by Crippen LogP contribution is 2.24. The Labute approximate surface area is 155 Å². The van der Waals surface area contributed by atoms with E-state index in [2.05, 4.69) is 4.98 Å². The Hall–Kier alpha value is -2.24. The van der Waals surface area contributed by atoms with Gasteiger partial charge in [0, 0.05) is 28.9 Å². The zero-order chi connectivity index (χ0) is 17.6. The number of rotatable bonds is 6. The van der Waals surface area contributed by atoms with Crippen molar-refractivity contribution in [3.05, 3.63) is 81.9 Å². The summed E-state index contributed by atoms with van der Waals surface area (Å²) in [6.45, 7) is 2.54. The Morgan fingerprint density at radius 3 is 2.64 bits per heavy atom. The fourth-order valence-electron chi connectivity index (χ4n) is 2.33. The van der Waals surface area contributed by atoms with Gasteiger partial charge >= 0.3 is 0 Å². The summed E-state index contributed by atoms with van der Waals surface area (Å²) < 4.78 is 7.01. The highest BCUT2D eigenvalue weighted by molar-refractivity contribution is 7.98. The number of aromatic nitrogens is 2. The lowest BCUT2D eigenvalue weighted by atomic mass is 10.2. The van der Waals surface area contributed by atoms with Gasteiger partial charge in [-0.3, -0.25) is 9.36 Å². The first-order chi connectivity index (χ1) is 12.2. The van der Waals surface area contributed by atoms with Gasteiger partial charge in [-0.1, -0.05) is 41.6 Å². The van der Waals surface area contributed by atoms with Crippen LogP contribution in [-0.4, -0.2) is 16.2 Å². The van der Waals surface area contributed by atoms with Gasteiger partial charge in [0.2, 0.25) is 0 Å². The van der Waals surface area contributed by atoms with Crippen LogP contribution in [0, 0.1) is 0 Å². The lowest BCUT2D eigenvalue weighted by Crippen LogP contribution is -2.20. The molecule has 3 rings (SSSR count). The molecule has 0 fully saturated rings. The molecule has 0 aliphatic heterocycles. The molecule has 0 aliphatic rings. The first-order valence-corrected chi connectivity index (χ1v) is 9.22. The zero-order valence-corrected chi connectivity index (χ0v) is 15.3. The van der Waals surface area contributed by atoms with E-state index in [-0.39, 0.29) is 5.56 Å². The summed E-state index contributed by atoms with van der Waals surface area (Å²) in [6, 6.07) is 15.0. The predicted octanol–water partition coefficient (Wildman–Crippen LogP) is 4.58. The number of hydrogen-bond acceptors (Lipinski definition) is 4. The van der Waals surface area contributed by atoms with Crippen LogP contribution < -0.4 is 10.3 Å². The van der Waals surface area contributed by atoms with Crippen molar-refractivity contribution in [3.8, 4) is 11.4 Å². The summed E-state index contributed by atoms with van der Waals surface area (Å²) >= 11 is 7.55. The van der Waals surface area contributed by atoms with E-state index in [0.717, 1.165) is 17.0 Å². The van der Waals surface area contributed by atoms with Crippen molar-refractivity contribution < 1.29 is 4.74 Å². The molecular formula is C19H17ClN2O2S. The maximum absolute atomic E-state index is 12.7. The van der Waals surface area contributed by atoms with Crippen LogP contribution in [0.4, 0.5) is 0 Å². The van der Waals surface area contributed by atoms with Crippen molar-refractivity contribution in [2.75, 3.05) is 6.61 Å². The van der Waals surface area contributed by atoms with E-state index >= 15 is 0 Å². The number of halogens is 1. The Balaban J connectivity index is 1.82. The minimum absolute atomic E-state index is 0.149. The van der Waals surface area contributed by atoms with Crippen molar-refractivity contribution in [1.29, 1.82) is 0 Å². The number of hydrogen-bond donors (Lipinski definition) is 0. The van der Waals surface area contributed by atoms with Gasteiger partial charge in [0.05, 0.1) is 6.61 Å². The summed E-state index contributed by atoms with van der Waals surface area (Å²) in [5.41, 5.74) is 1.60. The molecule has 0 aliphatic carbocycles. The second kappa shape index (κ2) is 8.23. The quantitative estimate of drug-likeness (QED) is 0.594. The third kappa shape index (κ3) is 4.24. The molecule has 0 saturated heterocycles. The van der Waals surface area contributed by atoms with E-state index in [4.69, 9.17) is 16.3 Å². The highest BCUT2D eigenvalue weighted by Gasteiger charge is 2.09. The Morgan fingerprint density at radius 1 is 1.16 bits per heavy atom. The summed E-state index contributed by atoms with van der Waals surface area (Å²) in [5, 5.41) is 1.13. The molecule has 0 unspecified atom stereocenters. The molecular weight excluding hydrogens is 356 g/mol. The number of thioether (sulfide) groups is 1. The molecule has 0 bridgehead atoms. The lowest BCUT2D eigenvalue weighted by molar-refractivity contribution is 0.340. The summed E-state index contributed by atoms with van der Waals surface area (Å²) in [7, 11) is 0. The first kappa shape index (κ1) is 17.6. The van der Waals surface area contributed by atoms with Crippen LogP contribution >= 0.6 is 23.4 Å². The van der Waals surface area contributed by atoms with Gasteiger partial charge in [0.15, 0.2) is 5.03 Å². The minimum Gasteiger partial charge on any atom is -0.494 e. The van der Waals surface area contributed by atoms with Crippen LogP contribution in [-0.2, 0) is 5.75 Å². The van der Waals surface area contributed by atoms with Gasteiger partial charge in [0.1, 0.15) is 5.75 Å². The number of benzene rings is 2. The number of nitrogens with zero attached hydrogens (tertiary/aromatic N) is 2. The normalized spacial score (nSPS) is 10.6. The smallest absolute Gasteiger partial charge is 0.287 e. The molecule has 4 nitrogen and oxygen atoms in total. The second-order valence-corrected chi connectivity index (χ2v) is 6.59. The van der Waals surface area contributed by atoms with Crippen LogP contribution in [0.15, 0.2) is 70.7 Å². The predicted molar refractivity (Wildman–Crippen MR) is 102 cm³/mol. The molecule has 0 N–H and O–H groups in total. The topological polar surface area (TPSA) is 44.1 Å². The molecule has 0 spiro atoms. The fraction of sp³-hybridized carbons (Fsp3) is 0.158. The highest BCUT2D eigenvalue weighted by atomic mass is 35.5. The molecule has 0 saturated carbocycles. The Kier molecular flexibility index (Phi) is 5.79. The second-order valence-electron chi connectivity index (χ2n) is 5.21. The van der Waals surface area contributed by atoms with Crippen LogP contribution in [0.1, 0.15) is 12.5 Å². The van der Waals surface area contributed by atoms with Gasteiger partial charge in [-0.2, -0.15) is 0 Å². The van der Waals surface area contributed by atoms with Gasteiger partial charge < -0.3 is 4.74 Å². The van der Waals surface area contributed by atoms with Crippen molar-refractivity contribution >= 4 is 23.4 Å². The summed E-state index contributed by atoms with van der Waals surface area (Å²) in [6.07, 6.45) is 3.30. The standard InChI is InChI=1S/C19H17ClN2O2S/c1-2-24-16-9-7-15(8-10-16)22-12-11-21-18(19(22)23)25-13-14-5-3-4-6-17(14)20/h3-12H,2,13H2,1H3. The average Bonchev–Trinajstić information content (AvgIpc) is 2.63. The third-order valence-electron chi connectivity index (χ3n) is 3.56. The molecule has 3 aromatic rings. The molecule has 2 aromatic carbocycles. The van der Waals surface area contributed by atoms with Crippen LogP contribution in [0.2, 0.25) is 5.02 Å². The van der Waals surface area contributed by atoms with E-state index in [1.54, 1.807) is 17.0 Å². The van der Waals surface area contributed by atoms with Crippen molar-refractivity contribution in [2.24, 2.45) is 0 Å². The lowest BCUT2D eigenvalue weighted by Gasteiger charge is -2.09. The molecule has 0 amide bonds. The Morgan fingerprint density at radius 2 is 1.92 bits per heavy atom. The summed E-state index contributed by atoms with van der Waals surface area (Å²) in [4.78, 5) is 16.9. The third-order valence-corrected chi connectivity index (χ3v) is 4.93. The van der Waals surface area contributed by atoms with Gasteiger partial charge in [0.25, 0.3) is 5.56 Å². The molecule has 0 radical (unpaired) electrons. The van der Waals surface area contributed by atoms with Gasteiger partial charge in [-0.25, -0.2) is 4.98 Å². The van der Waals surface area contributed by atoms with Gasteiger partial charge in [-0.05, 0) is 42.8 Å². The molecule has 1 heterocycles. The fourth-order valence-corrected chi connectivity index (χ4v) is 3.51. The molecule has 1 aromatic heterocycles. The summed E-state index contributed by atoms with van der Waals surface area (Å²) in [5.74, 6) is 1.37. The SMILES string of the molecule is CCOc1ccc(-n2ccnc(SCc3ccccc3Cl)c2=O)cc1. The van der Waals surface area contributed by atoms with Crippen LogP contribution in [0.5, 0.6) is 5.75 Å². The van der Waals surface area contributed by atoms with Crippen molar-refractivity contribution in [2.45, 2.75) is 17.7 Å². The number of ether oxygens (including phenoxy) is 1. The average molecular weight is 373 g/mol. The molecule has 0 atom stereocenters. The first-order valence-electron chi connectivity index (χ1n) is 7.86. The van der Waals surface area contributed by atoms with E-state index in [1.807, 2.05) is 55.5 Å². The van der Waals surface area contributed by atoms with Crippen molar-refractivity contribution in [3.63, 3.8) is 0 Å². The molecule has 128 valence electrons. The van der Waals surface area contributed by atoms with Crippen molar-refractivity contribution in [1.82, 2.24) is 9.55 Å². The maximum Gasteiger partial charge on any atom is 0.287 e. The Bertz CT molecular complexity index is 910. The molecule has 25 heavy (non-hydrogen) atoms. The monoisotopic (exact) mass is 372 g/mol. The van der Waals surface area contributed by atoms with E-state index in [9.17, 15) is 4.79 Å². The van der Waals surface area contributed by atoms with Gasteiger partial charge in [-0.15, -0.1) is 0 Å². The van der Waals surface area contributed by atoms with E-state index < -0.39 is 0 Å². The van der Waals surface area contributed by atoms with E-state index in [1.165, 1.54) is 11.8 Å². The van der Waals surface area contributed by atoms with Crippen LogP contribution in [0.25, 0.3) is 5.69 Å². The van der Waals surface area contributed by atoms with Crippen LogP contribution in [0.3, 0.4) is 0 Å². The van der Waals surface area contributed by atoms with E-state index in [0.29, 0.717) is 22.4 Å². The maximum atomic E-state index is 12.7. The molecule has 6 heteroatoms.